The topological polar surface area (TPSA) is 30.8 Å². The molecule has 3 nitrogen and oxygen atoms in total. The fourth-order valence-corrected chi connectivity index (χ4v) is 3.15. The lowest BCUT2D eigenvalue weighted by Crippen LogP contribution is -1.99. The highest BCUT2D eigenvalue weighted by Gasteiger charge is 2.13. The van der Waals surface area contributed by atoms with Gasteiger partial charge in [-0.1, -0.05) is 60.7 Å². The second kappa shape index (κ2) is 7.92. The molecule has 3 heteroatoms. The Hall–Kier alpha value is -3.33. The number of methoxy groups -OCH3 is 1. The Kier molecular flexibility index (Phi) is 5.01. The van der Waals surface area contributed by atoms with Gasteiger partial charge < -0.3 is 9.47 Å². The Morgan fingerprint density at radius 2 is 1.70 bits per heavy atom. The molecule has 3 aromatic rings. The van der Waals surface area contributed by atoms with Crippen LogP contribution in [0.5, 0.6) is 11.5 Å². The van der Waals surface area contributed by atoms with Crippen molar-refractivity contribution in [1.29, 1.82) is 0 Å². The van der Waals surface area contributed by atoms with Crippen LogP contribution in [-0.2, 0) is 13.0 Å². The highest BCUT2D eigenvalue weighted by Crippen LogP contribution is 2.33. The van der Waals surface area contributed by atoms with Crippen molar-refractivity contribution in [2.45, 2.75) is 13.0 Å². The minimum atomic E-state index is 0.494. The second-order valence-corrected chi connectivity index (χ2v) is 6.39. The SMILES string of the molecule is COc1cccc(/C=C/C2=Nc3ccccc3C2)c1OCc1ccccc1. The number of fused-ring (bicyclic) bond motifs is 1. The van der Waals surface area contributed by atoms with E-state index in [1.165, 1.54) is 5.56 Å². The van der Waals surface area contributed by atoms with Crippen LogP contribution in [0.1, 0.15) is 16.7 Å². The van der Waals surface area contributed by atoms with Crippen molar-refractivity contribution >= 4 is 17.5 Å². The Balaban J connectivity index is 1.56. The quantitative estimate of drug-likeness (QED) is 0.575. The molecule has 0 N–H and O–H groups in total. The number of hydrogen-bond donors (Lipinski definition) is 0. The molecule has 27 heavy (non-hydrogen) atoms. The van der Waals surface area contributed by atoms with Crippen LogP contribution in [0, 0.1) is 0 Å². The summed E-state index contributed by atoms with van der Waals surface area (Å²) in [7, 11) is 1.66. The van der Waals surface area contributed by atoms with Crippen molar-refractivity contribution < 1.29 is 9.47 Å². The third-order valence-electron chi connectivity index (χ3n) is 4.54. The van der Waals surface area contributed by atoms with Gasteiger partial charge in [0.15, 0.2) is 11.5 Å². The summed E-state index contributed by atoms with van der Waals surface area (Å²) in [5.74, 6) is 1.47. The van der Waals surface area contributed by atoms with Crippen LogP contribution in [0.4, 0.5) is 5.69 Å². The predicted molar refractivity (Wildman–Crippen MR) is 110 cm³/mol. The zero-order valence-corrected chi connectivity index (χ0v) is 15.3. The first-order chi connectivity index (χ1) is 13.3. The standard InChI is InChI=1S/C24H21NO2/c1-26-23-13-7-11-19(24(23)27-17-18-8-3-2-4-9-18)14-15-21-16-20-10-5-6-12-22(20)25-21/h2-15H,16-17H2,1H3/b15-14+. The van der Waals surface area contributed by atoms with E-state index >= 15 is 0 Å². The van der Waals surface area contributed by atoms with E-state index in [9.17, 15) is 0 Å². The summed E-state index contributed by atoms with van der Waals surface area (Å²) in [5, 5.41) is 0. The van der Waals surface area contributed by atoms with Crippen LogP contribution >= 0.6 is 0 Å². The lowest BCUT2D eigenvalue weighted by Gasteiger charge is -2.13. The molecule has 3 aromatic carbocycles. The van der Waals surface area contributed by atoms with Crippen LogP contribution in [0.2, 0.25) is 0 Å². The third-order valence-corrected chi connectivity index (χ3v) is 4.54. The molecule has 1 aliphatic heterocycles. The zero-order chi connectivity index (χ0) is 18.5. The molecule has 0 unspecified atom stereocenters. The normalized spacial score (nSPS) is 12.7. The average molecular weight is 355 g/mol. The monoisotopic (exact) mass is 355 g/mol. The number of ether oxygens (including phenoxy) is 2. The molecule has 0 spiro atoms. The molecule has 1 aliphatic rings. The van der Waals surface area contributed by atoms with Gasteiger partial charge in [0, 0.05) is 17.7 Å². The molecule has 0 bridgehead atoms. The Morgan fingerprint density at radius 1 is 0.889 bits per heavy atom. The molecule has 0 saturated carbocycles. The zero-order valence-electron chi connectivity index (χ0n) is 15.3. The Labute approximate surface area is 159 Å². The maximum Gasteiger partial charge on any atom is 0.168 e. The summed E-state index contributed by atoms with van der Waals surface area (Å²) in [5.41, 5.74) is 5.47. The minimum Gasteiger partial charge on any atom is -0.493 e. The van der Waals surface area contributed by atoms with Crippen molar-refractivity contribution in [1.82, 2.24) is 0 Å². The first-order valence-electron chi connectivity index (χ1n) is 9.01. The van der Waals surface area contributed by atoms with Crippen molar-refractivity contribution in [3.05, 3.63) is 95.6 Å². The Bertz CT molecular complexity index is 990. The van der Waals surface area contributed by atoms with Gasteiger partial charge in [0.2, 0.25) is 0 Å². The summed E-state index contributed by atoms with van der Waals surface area (Å²) in [6, 6.07) is 24.3. The molecule has 1 heterocycles. The van der Waals surface area contributed by atoms with Crippen LogP contribution in [0.15, 0.2) is 83.9 Å². The van der Waals surface area contributed by atoms with E-state index in [1.54, 1.807) is 7.11 Å². The van der Waals surface area contributed by atoms with E-state index in [0.717, 1.165) is 40.4 Å². The lowest BCUT2D eigenvalue weighted by atomic mass is 10.1. The van der Waals surface area contributed by atoms with E-state index < -0.39 is 0 Å². The Morgan fingerprint density at radius 3 is 2.52 bits per heavy atom. The van der Waals surface area contributed by atoms with E-state index in [2.05, 4.69) is 36.4 Å². The molecule has 0 atom stereocenters. The molecule has 134 valence electrons. The van der Waals surface area contributed by atoms with Gasteiger partial charge in [-0.05, 0) is 35.4 Å². The second-order valence-electron chi connectivity index (χ2n) is 6.39. The van der Waals surface area contributed by atoms with Crippen LogP contribution in [0.3, 0.4) is 0 Å². The summed E-state index contributed by atoms with van der Waals surface area (Å²) < 4.78 is 11.6. The average Bonchev–Trinajstić information content (AvgIpc) is 3.14. The molecule has 0 saturated heterocycles. The minimum absolute atomic E-state index is 0.494. The van der Waals surface area contributed by atoms with Gasteiger partial charge >= 0.3 is 0 Å². The first-order valence-corrected chi connectivity index (χ1v) is 9.01. The maximum absolute atomic E-state index is 6.11. The van der Waals surface area contributed by atoms with Gasteiger partial charge in [-0.15, -0.1) is 0 Å². The van der Waals surface area contributed by atoms with Crippen molar-refractivity contribution in [2.75, 3.05) is 7.11 Å². The predicted octanol–water partition coefficient (Wildman–Crippen LogP) is 5.62. The van der Waals surface area contributed by atoms with Crippen LogP contribution in [0.25, 0.3) is 6.08 Å². The summed E-state index contributed by atoms with van der Waals surface area (Å²) >= 11 is 0. The number of rotatable bonds is 6. The number of hydrogen-bond acceptors (Lipinski definition) is 3. The van der Waals surface area contributed by atoms with Gasteiger partial charge in [0.25, 0.3) is 0 Å². The summed E-state index contributed by atoms with van der Waals surface area (Å²) in [4.78, 5) is 4.69. The van der Waals surface area contributed by atoms with Gasteiger partial charge in [0.1, 0.15) is 6.61 Å². The third kappa shape index (κ3) is 3.93. The van der Waals surface area contributed by atoms with E-state index in [1.807, 2.05) is 48.5 Å². The molecule has 0 aromatic heterocycles. The molecule has 0 fully saturated rings. The highest BCUT2D eigenvalue weighted by atomic mass is 16.5. The van der Waals surface area contributed by atoms with Gasteiger partial charge in [-0.2, -0.15) is 0 Å². The van der Waals surface area contributed by atoms with Gasteiger partial charge in [-0.3, -0.25) is 4.99 Å². The largest absolute Gasteiger partial charge is 0.493 e. The lowest BCUT2D eigenvalue weighted by molar-refractivity contribution is 0.284. The highest BCUT2D eigenvalue weighted by molar-refractivity contribution is 6.04. The van der Waals surface area contributed by atoms with Gasteiger partial charge in [-0.25, -0.2) is 0 Å². The molecule has 0 amide bonds. The first kappa shape index (κ1) is 17.1. The smallest absolute Gasteiger partial charge is 0.168 e. The number of nitrogens with zero attached hydrogens (tertiary/aromatic N) is 1. The fraction of sp³-hybridized carbons (Fsp3) is 0.125. The van der Waals surface area contributed by atoms with Crippen molar-refractivity contribution in [2.24, 2.45) is 4.99 Å². The van der Waals surface area contributed by atoms with Crippen LogP contribution < -0.4 is 9.47 Å². The number of aliphatic imine (C=N–C) groups is 1. The number of benzene rings is 3. The number of para-hydroxylation sites is 2. The van der Waals surface area contributed by atoms with Gasteiger partial charge in [0.05, 0.1) is 12.8 Å². The molecular formula is C24H21NO2. The van der Waals surface area contributed by atoms with Crippen molar-refractivity contribution in [3.8, 4) is 11.5 Å². The molecular weight excluding hydrogens is 334 g/mol. The number of allylic oxidation sites excluding steroid dienone is 1. The molecule has 4 rings (SSSR count). The van der Waals surface area contributed by atoms with E-state index in [4.69, 9.17) is 14.5 Å². The maximum atomic E-state index is 6.11. The summed E-state index contributed by atoms with van der Waals surface area (Å²) in [6.07, 6.45) is 4.97. The fourth-order valence-electron chi connectivity index (χ4n) is 3.15. The molecule has 0 aliphatic carbocycles. The van der Waals surface area contributed by atoms with E-state index in [0.29, 0.717) is 6.61 Å². The van der Waals surface area contributed by atoms with Crippen molar-refractivity contribution in [3.63, 3.8) is 0 Å². The summed E-state index contributed by atoms with van der Waals surface area (Å²) in [6.45, 7) is 0.494. The molecule has 0 radical (unpaired) electrons. The van der Waals surface area contributed by atoms with Crippen LogP contribution in [-0.4, -0.2) is 12.8 Å². The van der Waals surface area contributed by atoms with E-state index in [-0.39, 0.29) is 0 Å².